The van der Waals surface area contributed by atoms with Crippen molar-refractivity contribution in [3.05, 3.63) is 24.1 Å². The van der Waals surface area contributed by atoms with Crippen LogP contribution in [-0.4, -0.2) is 28.0 Å². The van der Waals surface area contributed by atoms with E-state index in [1.807, 2.05) is 0 Å². The highest BCUT2D eigenvalue weighted by molar-refractivity contribution is 6.01. The predicted molar refractivity (Wildman–Crippen MR) is 52.3 cm³/mol. The molecule has 1 aliphatic rings. The molecule has 1 aliphatic heterocycles. The van der Waals surface area contributed by atoms with Gasteiger partial charge in [0.05, 0.1) is 6.20 Å². The molecule has 0 aliphatic carbocycles. The first-order chi connectivity index (χ1) is 7.59. The van der Waals surface area contributed by atoms with Gasteiger partial charge in [0.15, 0.2) is 0 Å². The molecule has 1 saturated heterocycles. The van der Waals surface area contributed by atoms with E-state index in [1.165, 1.54) is 6.07 Å². The summed E-state index contributed by atoms with van der Waals surface area (Å²) in [5.41, 5.74) is 0. The first kappa shape index (κ1) is 10.5. The number of hydrogen-bond donors (Lipinski definition) is 1. The van der Waals surface area contributed by atoms with Gasteiger partial charge in [-0.25, -0.2) is 14.2 Å². The second-order valence-corrected chi connectivity index (χ2v) is 3.49. The zero-order valence-electron chi connectivity index (χ0n) is 8.26. The second kappa shape index (κ2) is 3.88. The maximum atomic E-state index is 12.6. The van der Waals surface area contributed by atoms with Crippen molar-refractivity contribution in [3.63, 3.8) is 0 Å². The summed E-state index contributed by atoms with van der Waals surface area (Å²) in [7, 11) is 0. The van der Waals surface area contributed by atoms with Gasteiger partial charge in [-0.05, 0) is 18.6 Å². The summed E-state index contributed by atoms with van der Waals surface area (Å²) < 4.78 is 12.6. The zero-order valence-corrected chi connectivity index (χ0v) is 8.26. The number of amides is 1. The Balaban J connectivity index is 2.33. The molecule has 84 valence electrons. The lowest BCUT2D eigenvalue weighted by Gasteiger charge is -2.20. The number of nitrogens with zero attached hydrogens (tertiary/aromatic N) is 2. The van der Waals surface area contributed by atoms with Crippen LogP contribution in [0.5, 0.6) is 0 Å². The van der Waals surface area contributed by atoms with Crippen LogP contribution in [0.15, 0.2) is 18.3 Å². The summed E-state index contributed by atoms with van der Waals surface area (Å²) in [5.74, 6) is -1.72. The molecule has 0 aromatic carbocycles. The lowest BCUT2D eigenvalue weighted by molar-refractivity contribution is -0.138. The maximum absolute atomic E-state index is 12.6. The number of carbonyl (C=O) groups is 2. The normalized spacial score (nSPS) is 20.2. The lowest BCUT2D eigenvalue weighted by atomic mass is 10.2. The topological polar surface area (TPSA) is 70.5 Å². The minimum atomic E-state index is -1.07. The number of carboxylic acid groups (broad SMARTS) is 1. The van der Waals surface area contributed by atoms with Gasteiger partial charge in [-0.1, -0.05) is 0 Å². The molecule has 1 atom stereocenters. The summed E-state index contributed by atoms with van der Waals surface area (Å²) >= 11 is 0. The predicted octanol–water partition coefficient (Wildman–Crippen LogP) is 0.801. The molecule has 1 N–H and O–H groups in total. The highest BCUT2D eigenvalue weighted by Gasteiger charge is 2.37. The Morgan fingerprint density at radius 3 is 2.88 bits per heavy atom. The minimum absolute atomic E-state index is 0.177. The molecule has 2 heterocycles. The monoisotopic (exact) mass is 224 g/mol. The van der Waals surface area contributed by atoms with Gasteiger partial charge in [0.25, 0.3) is 0 Å². The fourth-order valence-corrected chi connectivity index (χ4v) is 1.72. The van der Waals surface area contributed by atoms with Crippen molar-refractivity contribution in [2.24, 2.45) is 0 Å². The van der Waals surface area contributed by atoms with Crippen molar-refractivity contribution in [1.29, 1.82) is 0 Å². The fraction of sp³-hybridized carbons (Fsp3) is 0.300. The summed E-state index contributed by atoms with van der Waals surface area (Å²) in [6, 6.07) is 1.55. The molecule has 0 saturated carbocycles. The van der Waals surface area contributed by atoms with E-state index >= 15 is 0 Å². The number of halogens is 1. The maximum Gasteiger partial charge on any atom is 0.326 e. The molecule has 1 amide bonds. The van der Waals surface area contributed by atoms with Gasteiger partial charge in [-0.15, -0.1) is 0 Å². The van der Waals surface area contributed by atoms with Gasteiger partial charge in [0.2, 0.25) is 5.91 Å². The third-order valence-corrected chi connectivity index (χ3v) is 2.46. The summed E-state index contributed by atoms with van der Waals surface area (Å²) in [4.78, 5) is 27.2. The molecule has 0 bridgehead atoms. The van der Waals surface area contributed by atoms with Crippen molar-refractivity contribution in [2.75, 3.05) is 4.90 Å². The zero-order chi connectivity index (χ0) is 11.7. The number of carbonyl (C=O) groups excluding carboxylic acids is 1. The highest BCUT2D eigenvalue weighted by atomic mass is 19.1. The van der Waals surface area contributed by atoms with Crippen LogP contribution >= 0.6 is 0 Å². The Kier molecular flexibility index (Phi) is 2.55. The van der Waals surface area contributed by atoms with Crippen LogP contribution in [0.2, 0.25) is 0 Å². The SMILES string of the molecule is O=C(O)C1CCC(=O)N1c1ccc(F)cn1. The molecule has 1 aromatic rings. The third kappa shape index (κ3) is 1.73. The van der Waals surface area contributed by atoms with E-state index in [0.29, 0.717) is 0 Å². The fourth-order valence-electron chi connectivity index (χ4n) is 1.72. The van der Waals surface area contributed by atoms with Crippen molar-refractivity contribution >= 4 is 17.7 Å². The molecule has 0 spiro atoms. The average Bonchev–Trinajstić information content (AvgIpc) is 2.62. The molecule has 2 rings (SSSR count). The number of aromatic nitrogens is 1. The van der Waals surface area contributed by atoms with Crippen LogP contribution in [0.3, 0.4) is 0 Å². The Morgan fingerprint density at radius 1 is 1.56 bits per heavy atom. The summed E-state index contributed by atoms with van der Waals surface area (Å²) in [6.07, 6.45) is 1.39. The van der Waals surface area contributed by atoms with Gasteiger partial charge in [0.1, 0.15) is 17.7 Å². The molecule has 1 fully saturated rings. The largest absolute Gasteiger partial charge is 0.480 e. The number of anilines is 1. The number of pyridine rings is 1. The van der Waals surface area contributed by atoms with Crippen molar-refractivity contribution in [2.45, 2.75) is 18.9 Å². The van der Waals surface area contributed by atoms with Crippen molar-refractivity contribution in [3.8, 4) is 0 Å². The van der Waals surface area contributed by atoms with E-state index in [9.17, 15) is 14.0 Å². The molecule has 5 nitrogen and oxygen atoms in total. The Labute approximate surface area is 90.5 Å². The lowest BCUT2D eigenvalue weighted by Crippen LogP contribution is -2.39. The standard InChI is InChI=1S/C10H9FN2O3/c11-6-1-3-8(12-5-6)13-7(10(15)16)2-4-9(13)14/h1,3,5,7H,2,4H2,(H,15,16). The van der Waals surface area contributed by atoms with E-state index in [4.69, 9.17) is 5.11 Å². The third-order valence-electron chi connectivity index (χ3n) is 2.46. The second-order valence-electron chi connectivity index (χ2n) is 3.49. The quantitative estimate of drug-likeness (QED) is 0.806. The van der Waals surface area contributed by atoms with Gasteiger partial charge >= 0.3 is 5.97 Å². The Morgan fingerprint density at radius 2 is 2.31 bits per heavy atom. The van der Waals surface area contributed by atoms with E-state index in [-0.39, 0.29) is 24.6 Å². The molecule has 6 heteroatoms. The van der Waals surface area contributed by atoms with Crippen LogP contribution < -0.4 is 4.90 Å². The number of aliphatic carboxylic acids is 1. The minimum Gasteiger partial charge on any atom is -0.480 e. The van der Waals surface area contributed by atoms with Crippen LogP contribution in [-0.2, 0) is 9.59 Å². The molecule has 16 heavy (non-hydrogen) atoms. The highest BCUT2D eigenvalue weighted by Crippen LogP contribution is 2.24. The van der Waals surface area contributed by atoms with Crippen LogP contribution in [0, 0.1) is 5.82 Å². The first-order valence-corrected chi connectivity index (χ1v) is 4.76. The van der Waals surface area contributed by atoms with E-state index in [0.717, 1.165) is 17.2 Å². The number of carboxylic acids is 1. The molecular weight excluding hydrogens is 215 g/mol. The molecule has 1 unspecified atom stereocenters. The van der Waals surface area contributed by atoms with Crippen molar-refractivity contribution in [1.82, 2.24) is 4.98 Å². The van der Waals surface area contributed by atoms with Gasteiger partial charge in [0, 0.05) is 6.42 Å². The average molecular weight is 224 g/mol. The molecular formula is C10H9FN2O3. The van der Waals surface area contributed by atoms with Crippen molar-refractivity contribution < 1.29 is 19.1 Å². The molecule has 0 radical (unpaired) electrons. The van der Waals surface area contributed by atoms with E-state index in [1.54, 1.807) is 0 Å². The summed E-state index contributed by atoms with van der Waals surface area (Å²) in [6.45, 7) is 0. The van der Waals surface area contributed by atoms with Crippen LogP contribution in [0.1, 0.15) is 12.8 Å². The summed E-state index contributed by atoms with van der Waals surface area (Å²) in [5, 5.41) is 8.92. The van der Waals surface area contributed by atoms with E-state index < -0.39 is 17.8 Å². The first-order valence-electron chi connectivity index (χ1n) is 4.76. The van der Waals surface area contributed by atoms with Gasteiger partial charge < -0.3 is 5.11 Å². The van der Waals surface area contributed by atoms with Gasteiger partial charge in [-0.2, -0.15) is 0 Å². The molecule has 1 aromatic heterocycles. The Hall–Kier alpha value is -1.98. The Bertz CT molecular complexity index is 432. The number of hydrogen-bond acceptors (Lipinski definition) is 3. The number of rotatable bonds is 2. The van der Waals surface area contributed by atoms with E-state index in [2.05, 4.69) is 4.98 Å². The van der Waals surface area contributed by atoms with Crippen LogP contribution in [0.4, 0.5) is 10.2 Å². The van der Waals surface area contributed by atoms with Crippen LogP contribution in [0.25, 0.3) is 0 Å². The van der Waals surface area contributed by atoms with Gasteiger partial charge in [-0.3, -0.25) is 9.69 Å². The smallest absolute Gasteiger partial charge is 0.326 e.